The monoisotopic (exact) mass is 532 g/mol. The molecule has 1 aromatic carbocycles. The molecule has 0 aliphatic heterocycles. The Morgan fingerprint density at radius 2 is 1.87 bits per heavy atom. The van der Waals surface area contributed by atoms with E-state index in [9.17, 15) is 4.79 Å². The molecule has 7 nitrogen and oxygen atoms in total. The van der Waals surface area contributed by atoms with Gasteiger partial charge in [-0.1, -0.05) is 32.9 Å². The molecule has 1 saturated carbocycles. The van der Waals surface area contributed by atoms with Gasteiger partial charge in [-0.25, -0.2) is 0 Å². The summed E-state index contributed by atoms with van der Waals surface area (Å²) in [7, 11) is 3.50. The van der Waals surface area contributed by atoms with Crippen LogP contribution in [-0.2, 0) is 16.0 Å². The molecule has 1 aromatic rings. The third kappa shape index (κ3) is 9.97. The third-order valence-electron chi connectivity index (χ3n) is 4.87. The lowest BCUT2D eigenvalue weighted by atomic mass is 9.89. The largest absolute Gasteiger partial charge is 0.484 e. The van der Waals surface area contributed by atoms with Gasteiger partial charge in [-0.15, -0.1) is 24.0 Å². The maximum atomic E-state index is 11.7. The maximum Gasteiger partial charge on any atom is 0.258 e. The molecule has 0 bridgehead atoms. The second kappa shape index (κ2) is 13.0. The Morgan fingerprint density at radius 1 is 1.20 bits per heavy atom. The fraction of sp³-hybridized carbons (Fsp3) is 0.636. The zero-order chi connectivity index (χ0) is 21.3. The van der Waals surface area contributed by atoms with Gasteiger partial charge in [0.05, 0.1) is 6.10 Å². The number of carbonyl (C=O) groups excluding carboxylic acids is 1. The summed E-state index contributed by atoms with van der Waals surface area (Å²) in [5, 5.41) is 9.56. The lowest BCUT2D eigenvalue weighted by Gasteiger charge is -2.30. The van der Waals surface area contributed by atoms with Gasteiger partial charge in [0.2, 0.25) is 0 Å². The quantitative estimate of drug-likeness (QED) is 0.245. The predicted octanol–water partition coefficient (Wildman–Crippen LogP) is 2.73. The number of ether oxygens (including phenoxy) is 2. The second-order valence-electron chi connectivity index (χ2n) is 8.49. The lowest BCUT2D eigenvalue weighted by Crippen LogP contribution is -2.45. The molecule has 1 atom stereocenters. The van der Waals surface area contributed by atoms with Crippen molar-refractivity contribution in [1.29, 1.82) is 0 Å². The number of benzene rings is 1. The normalized spacial score (nSPS) is 15.0. The van der Waals surface area contributed by atoms with Crippen LogP contribution in [0.25, 0.3) is 0 Å². The summed E-state index contributed by atoms with van der Waals surface area (Å²) in [4.78, 5) is 15.9. The number of halogens is 1. The molecular weight excluding hydrogens is 495 g/mol. The maximum absolute atomic E-state index is 11.7. The van der Waals surface area contributed by atoms with E-state index in [0.717, 1.165) is 31.8 Å². The number of amides is 1. The highest BCUT2D eigenvalue weighted by molar-refractivity contribution is 14.0. The Hall–Kier alpha value is -1.55. The van der Waals surface area contributed by atoms with Crippen LogP contribution in [0.2, 0.25) is 0 Å². The highest BCUT2D eigenvalue weighted by Crippen LogP contribution is 2.21. The van der Waals surface area contributed by atoms with Crippen LogP contribution in [0.3, 0.4) is 0 Å². The first-order valence-corrected chi connectivity index (χ1v) is 10.3. The molecule has 30 heavy (non-hydrogen) atoms. The average molecular weight is 532 g/mol. The summed E-state index contributed by atoms with van der Waals surface area (Å²) in [5.41, 5.74) is 1.25. The van der Waals surface area contributed by atoms with Crippen molar-refractivity contribution < 1.29 is 14.3 Å². The van der Waals surface area contributed by atoms with Gasteiger partial charge < -0.3 is 25.4 Å². The van der Waals surface area contributed by atoms with E-state index in [2.05, 4.69) is 41.7 Å². The van der Waals surface area contributed by atoms with Crippen molar-refractivity contribution in [3.63, 3.8) is 0 Å². The van der Waals surface area contributed by atoms with Gasteiger partial charge in [-0.2, -0.15) is 0 Å². The van der Waals surface area contributed by atoms with Crippen LogP contribution in [-0.4, -0.2) is 57.9 Å². The predicted molar refractivity (Wildman–Crippen MR) is 132 cm³/mol. The van der Waals surface area contributed by atoms with Crippen molar-refractivity contribution in [2.45, 2.75) is 52.2 Å². The zero-order valence-electron chi connectivity index (χ0n) is 18.8. The summed E-state index contributed by atoms with van der Waals surface area (Å²) in [6.07, 6.45) is 3.12. The highest BCUT2D eigenvalue weighted by atomic mass is 127. The summed E-state index contributed by atoms with van der Waals surface area (Å²) < 4.78 is 11.1. The van der Waals surface area contributed by atoms with E-state index in [-0.39, 0.29) is 48.0 Å². The molecule has 2 rings (SSSR count). The molecule has 0 radical (unpaired) electrons. The van der Waals surface area contributed by atoms with Gasteiger partial charge in [0.25, 0.3) is 5.91 Å². The van der Waals surface area contributed by atoms with Crippen LogP contribution < -0.4 is 20.7 Å². The number of nitrogens with one attached hydrogen (secondary N) is 3. The minimum absolute atomic E-state index is 0. The average Bonchev–Trinajstić information content (AvgIpc) is 3.49. The topological polar surface area (TPSA) is 84.0 Å². The van der Waals surface area contributed by atoms with Crippen LogP contribution in [0.1, 0.15) is 39.2 Å². The van der Waals surface area contributed by atoms with Gasteiger partial charge >= 0.3 is 0 Å². The lowest BCUT2D eigenvalue weighted by molar-refractivity contribution is -0.123. The van der Waals surface area contributed by atoms with Crippen LogP contribution in [0, 0.1) is 5.41 Å². The van der Waals surface area contributed by atoms with Crippen molar-refractivity contribution in [3.8, 4) is 5.75 Å². The van der Waals surface area contributed by atoms with E-state index in [1.165, 1.54) is 5.56 Å². The number of carbonyl (C=O) groups is 1. The van der Waals surface area contributed by atoms with Gasteiger partial charge in [0, 0.05) is 33.3 Å². The number of hydrogen-bond acceptors (Lipinski definition) is 4. The highest BCUT2D eigenvalue weighted by Gasteiger charge is 2.24. The molecule has 1 aliphatic rings. The van der Waals surface area contributed by atoms with E-state index in [0.29, 0.717) is 18.3 Å². The number of aliphatic imine (C=N–C) groups is 1. The summed E-state index contributed by atoms with van der Waals surface area (Å²) in [6.45, 7) is 8.00. The Balaban J connectivity index is 0.00000450. The summed E-state index contributed by atoms with van der Waals surface area (Å²) >= 11 is 0. The number of nitrogens with zero attached hydrogens (tertiary/aromatic N) is 1. The molecular formula is C22H37IN4O3. The second-order valence-corrected chi connectivity index (χ2v) is 8.49. The van der Waals surface area contributed by atoms with E-state index in [4.69, 9.17) is 9.47 Å². The molecule has 8 heteroatoms. The number of methoxy groups -OCH3 is 1. The Bertz CT molecular complexity index is 670. The standard InChI is InChI=1S/C22H36N4O3.HI/c1-22(2,3)19(28-5)14-25-21(23-4)24-13-12-16-6-10-18(11-7-16)29-15-20(27)26-17-8-9-17;/h6-7,10-11,17,19H,8-9,12-15H2,1-5H3,(H,26,27)(H2,23,24,25);1H. The van der Waals surface area contributed by atoms with Gasteiger partial charge in [0.1, 0.15) is 5.75 Å². The van der Waals surface area contributed by atoms with Crippen molar-refractivity contribution in [2.24, 2.45) is 10.4 Å². The van der Waals surface area contributed by atoms with Crippen LogP contribution in [0.4, 0.5) is 0 Å². The smallest absolute Gasteiger partial charge is 0.258 e. The number of rotatable bonds is 10. The van der Waals surface area contributed by atoms with Crippen LogP contribution in [0.15, 0.2) is 29.3 Å². The van der Waals surface area contributed by atoms with Gasteiger partial charge in [-0.05, 0) is 42.4 Å². The van der Waals surface area contributed by atoms with E-state index >= 15 is 0 Å². The molecule has 3 N–H and O–H groups in total. The van der Waals surface area contributed by atoms with E-state index in [1.807, 2.05) is 24.3 Å². The van der Waals surface area contributed by atoms with Crippen LogP contribution in [0.5, 0.6) is 5.75 Å². The number of guanidine groups is 1. The molecule has 0 heterocycles. The Labute approximate surface area is 197 Å². The third-order valence-corrected chi connectivity index (χ3v) is 4.87. The van der Waals surface area contributed by atoms with E-state index in [1.54, 1.807) is 14.2 Å². The zero-order valence-corrected chi connectivity index (χ0v) is 21.1. The van der Waals surface area contributed by atoms with Crippen molar-refractivity contribution in [2.75, 3.05) is 33.9 Å². The molecule has 1 unspecified atom stereocenters. The van der Waals surface area contributed by atoms with Gasteiger partial charge in [-0.3, -0.25) is 9.79 Å². The summed E-state index contributed by atoms with van der Waals surface area (Å²) in [6, 6.07) is 8.21. The van der Waals surface area contributed by atoms with Crippen molar-refractivity contribution in [3.05, 3.63) is 29.8 Å². The summed E-state index contributed by atoms with van der Waals surface area (Å²) in [5.74, 6) is 1.41. The minimum Gasteiger partial charge on any atom is -0.484 e. The number of hydrogen-bond donors (Lipinski definition) is 3. The fourth-order valence-corrected chi connectivity index (χ4v) is 2.88. The van der Waals surface area contributed by atoms with E-state index < -0.39 is 0 Å². The molecule has 170 valence electrons. The molecule has 1 fully saturated rings. The first-order valence-electron chi connectivity index (χ1n) is 10.3. The molecule has 0 aromatic heterocycles. The Kier molecular flexibility index (Phi) is 11.5. The van der Waals surface area contributed by atoms with Gasteiger partial charge in [0.15, 0.2) is 12.6 Å². The minimum atomic E-state index is -0.0539. The first-order chi connectivity index (χ1) is 13.8. The van der Waals surface area contributed by atoms with Crippen molar-refractivity contribution in [1.82, 2.24) is 16.0 Å². The first kappa shape index (κ1) is 26.5. The SMILES string of the molecule is CN=C(NCCc1ccc(OCC(=O)NC2CC2)cc1)NCC(OC)C(C)(C)C.I. The molecule has 0 spiro atoms. The Morgan fingerprint density at radius 3 is 2.40 bits per heavy atom. The molecule has 1 amide bonds. The van der Waals surface area contributed by atoms with Crippen molar-refractivity contribution >= 4 is 35.8 Å². The molecule has 0 saturated heterocycles. The fourth-order valence-electron chi connectivity index (χ4n) is 2.88. The molecule has 1 aliphatic carbocycles. The van der Waals surface area contributed by atoms with Crippen LogP contribution >= 0.6 is 24.0 Å².